The molecule has 0 radical (unpaired) electrons. The maximum absolute atomic E-state index is 6.15. The van der Waals surface area contributed by atoms with Crippen molar-refractivity contribution >= 4 is 11.6 Å². The first-order chi connectivity index (χ1) is 8.29. The number of hydrogen-bond acceptors (Lipinski definition) is 2. The van der Waals surface area contributed by atoms with Gasteiger partial charge in [0.1, 0.15) is 11.5 Å². The molecule has 0 spiro atoms. The average Bonchev–Trinajstić information content (AvgIpc) is 2.34. The van der Waals surface area contributed by atoms with E-state index in [4.69, 9.17) is 16.3 Å². The standard InChI is InChI=1S/C14H14ClNO/c1-16-10-11-7-8-13(9-14(11)15)17-12-5-3-2-4-6-12/h2-9,16H,10H2,1H3. The maximum atomic E-state index is 6.15. The molecule has 2 rings (SSSR count). The lowest BCUT2D eigenvalue weighted by molar-refractivity contribution is 0.482. The average molecular weight is 248 g/mol. The first-order valence-corrected chi connectivity index (χ1v) is 5.83. The van der Waals surface area contributed by atoms with Gasteiger partial charge in [0.15, 0.2) is 0 Å². The molecular formula is C14H14ClNO. The smallest absolute Gasteiger partial charge is 0.128 e. The SMILES string of the molecule is CNCc1ccc(Oc2ccccc2)cc1Cl. The molecule has 1 N–H and O–H groups in total. The van der Waals surface area contributed by atoms with Crippen LogP contribution in [-0.2, 0) is 6.54 Å². The third-order valence-corrected chi connectivity index (χ3v) is 2.72. The molecule has 0 amide bonds. The highest BCUT2D eigenvalue weighted by Gasteiger charge is 2.02. The van der Waals surface area contributed by atoms with Crippen LogP contribution in [0.3, 0.4) is 0 Å². The zero-order valence-corrected chi connectivity index (χ0v) is 10.4. The molecule has 3 heteroatoms. The van der Waals surface area contributed by atoms with Crippen molar-refractivity contribution in [3.63, 3.8) is 0 Å². The first kappa shape index (κ1) is 12.0. The summed E-state index contributed by atoms with van der Waals surface area (Å²) in [7, 11) is 1.89. The second-order valence-corrected chi connectivity index (χ2v) is 4.11. The van der Waals surface area contributed by atoms with Crippen LogP contribution in [0.1, 0.15) is 5.56 Å². The van der Waals surface area contributed by atoms with Crippen molar-refractivity contribution in [1.29, 1.82) is 0 Å². The monoisotopic (exact) mass is 247 g/mol. The predicted octanol–water partition coefficient (Wildman–Crippen LogP) is 3.85. The van der Waals surface area contributed by atoms with Gasteiger partial charge in [-0.25, -0.2) is 0 Å². The molecule has 17 heavy (non-hydrogen) atoms. The van der Waals surface area contributed by atoms with Gasteiger partial charge in [-0.1, -0.05) is 35.9 Å². The lowest BCUT2D eigenvalue weighted by Gasteiger charge is -2.08. The number of para-hydroxylation sites is 1. The second kappa shape index (κ2) is 5.71. The van der Waals surface area contributed by atoms with Crippen LogP contribution in [0.2, 0.25) is 5.02 Å². The van der Waals surface area contributed by atoms with Crippen molar-refractivity contribution in [2.24, 2.45) is 0 Å². The number of halogens is 1. The van der Waals surface area contributed by atoms with E-state index in [0.717, 1.165) is 23.6 Å². The van der Waals surface area contributed by atoms with Gasteiger partial charge in [-0.05, 0) is 36.9 Å². The summed E-state index contributed by atoms with van der Waals surface area (Å²) < 4.78 is 5.69. The molecule has 2 nitrogen and oxygen atoms in total. The van der Waals surface area contributed by atoms with Gasteiger partial charge in [-0.3, -0.25) is 0 Å². The Balaban J connectivity index is 2.15. The van der Waals surface area contributed by atoms with Crippen LogP contribution < -0.4 is 10.1 Å². The summed E-state index contributed by atoms with van der Waals surface area (Å²) in [5.41, 5.74) is 1.06. The Morgan fingerprint density at radius 3 is 2.47 bits per heavy atom. The van der Waals surface area contributed by atoms with Crippen molar-refractivity contribution in [2.45, 2.75) is 6.54 Å². The topological polar surface area (TPSA) is 21.3 Å². The van der Waals surface area contributed by atoms with Crippen LogP contribution in [0, 0.1) is 0 Å². The van der Waals surface area contributed by atoms with E-state index in [1.54, 1.807) is 0 Å². The fraction of sp³-hybridized carbons (Fsp3) is 0.143. The van der Waals surface area contributed by atoms with Gasteiger partial charge in [0.05, 0.1) is 0 Å². The van der Waals surface area contributed by atoms with E-state index in [2.05, 4.69) is 5.32 Å². The van der Waals surface area contributed by atoms with Crippen molar-refractivity contribution < 1.29 is 4.74 Å². The summed E-state index contributed by atoms with van der Waals surface area (Å²) in [5, 5.41) is 3.78. The zero-order valence-electron chi connectivity index (χ0n) is 9.61. The highest BCUT2D eigenvalue weighted by atomic mass is 35.5. The van der Waals surface area contributed by atoms with Gasteiger partial charge in [0, 0.05) is 11.6 Å². The molecule has 2 aromatic rings. The number of hydrogen-bond donors (Lipinski definition) is 1. The summed E-state index contributed by atoms with van der Waals surface area (Å²) in [4.78, 5) is 0. The third-order valence-electron chi connectivity index (χ3n) is 2.37. The maximum Gasteiger partial charge on any atom is 0.128 e. The minimum absolute atomic E-state index is 0.716. The minimum atomic E-state index is 0.716. The van der Waals surface area contributed by atoms with Crippen LogP contribution in [0.4, 0.5) is 0 Å². The highest BCUT2D eigenvalue weighted by Crippen LogP contribution is 2.26. The molecule has 0 heterocycles. The molecule has 2 aromatic carbocycles. The van der Waals surface area contributed by atoms with Gasteiger partial charge < -0.3 is 10.1 Å². The summed E-state index contributed by atoms with van der Waals surface area (Å²) in [6.07, 6.45) is 0. The Hall–Kier alpha value is -1.51. The highest BCUT2D eigenvalue weighted by molar-refractivity contribution is 6.31. The molecule has 0 saturated heterocycles. The van der Waals surface area contributed by atoms with Crippen molar-refractivity contribution in [3.05, 3.63) is 59.1 Å². The molecule has 0 unspecified atom stereocenters. The first-order valence-electron chi connectivity index (χ1n) is 5.45. The Bertz CT molecular complexity index is 485. The molecule has 0 aliphatic carbocycles. The van der Waals surface area contributed by atoms with Crippen LogP contribution in [-0.4, -0.2) is 7.05 Å². The fourth-order valence-corrected chi connectivity index (χ4v) is 1.79. The lowest BCUT2D eigenvalue weighted by Crippen LogP contribution is -2.05. The normalized spacial score (nSPS) is 10.2. The van der Waals surface area contributed by atoms with Gasteiger partial charge in [0.2, 0.25) is 0 Å². The summed E-state index contributed by atoms with van der Waals surface area (Å²) >= 11 is 6.15. The molecule has 0 aliphatic heterocycles. The van der Waals surface area contributed by atoms with E-state index in [0.29, 0.717) is 5.02 Å². The Morgan fingerprint density at radius 1 is 1.06 bits per heavy atom. The summed E-state index contributed by atoms with van der Waals surface area (Å²) in [6.45, 7) is 0.754. The molecule has 0 aliphatic rings. The van der Waals surface area contributed by atoms with Crippen molar-refractivity contribution in [3.8, 4) is 11.5 Å². The number of ether oxygens (including phenoxy) is 1. The minimum Gasteiger partial charge on any atom is -0.457 e. The third kappa shape index (κ3) is 3.22. The van der Waals surface area contributed by atoms with Gasteiger partial charge in [0.25, 0.3) is 0 Å². The van der Waals surface area contributed by atoms with E-state index in [9.17, 15) is 0 Å². The molecular weight excluding hydrogens is 234 g/mol. The molecule has 0 bridgehead atoms. The number of benzene rings is 2. The van der Waals surface area contributed by atoms with E-state index >= 15 is 0 Å². The summed E-state index contributed by atoms with van der Waals surface area (Å²) in [5.74, 6) is 1.56. The Kier molecular flexibility index (Phi) is 4.02. The molecule has 88 valence electrons. The van der Waals surface area contributed by atoms with Crippen molar-refractivity contribution in [1.82, 2.24) is 5.32 Å². The van der Waals surface area contributed by atoms with Gasteiger partial charge in [-0.2, -0.15) is 0 Å². The van der Waals surface area contributed by atoms with E-state index < -0.39 is 0 Å². The van der Waals surface area contributed by atoms with Gasteiger partial charge >= 0.3 is 0 Å². The predicted molar refractivity (Wildman–Crippen MR) is 70.7 cm³/mol. The van der Waals surface area contributed by atoms with Crippen LogP contribution in [0.15, 0.2) is 48.5 Å². The van der Waals surface area contributed by atoms with E-state index in [1.165, 1.54) is 0 Å². The Morgan fingerprint density at radius 2 is 1.82 bits per heavy atom. The Labute approximate surface area is 106 Å². The molecule has 0 saturated carbocycles. The lowest BCUT2D eigenvalue weighted by atomic mass is 10.2. The molecule has 0 aromatic heterocycles. The summed E-state index contributed by atoms with van der Waals surface area (Å²) in [6, 6.07) is 15.4. The van der Waals surface area contributed by atoms with Crippen molar-refractivity contribution in [2.75, 3.05) is 7.05 Å². The number of rotatable bonds is 4. The molecule has 0 atom stereocenters. The molecule has 0 fully saturated rings. The fourth-order valence-electron chi connectivity index (χ4n) is 1.55. The van der Waals surface area contributed by atoms with E-state index in [-0.39, 0.29) is 0 Å². The zero-order chi connectivity index (χ0) is 12.1. The quantitative estimate of drug-likeness (QED) is 0.886. The van der Waals surface area contributed by atoms with Crippen LogP contribution in [0.25, 0.3) is 0 Å². The largest absolute Gasteiger partial charge is 0.457 e. The van der Waals surface area contributed by atoms with Crippen LogP contribution >= 0.6 is 11.6 Å². The van der Waals surface area contributed by atoms with Crippen LogP contribution in [0.5, 0.6) is 11.5 Å². The second-order valence-electron chi connectivity index (χ2n) is 3.70. The van der Waals surface area contributed by atoms with Gasteiger partial charge in [-0.15, -0.1) is 0 Å². The number of nitrogens with one attached hydrogen (secondary N) is 1. The van der Waals surface area contributed by atoms with E-state index in [1.807, 2.05) is 55.6 Å².